The van der Waals surface area contributed by atoms with Crippen LogP contribution in [-0.4, -0.2) is 12.5 Å². The second-order valence-corrected chi connectivity index (χ2v) is 4.02. The van der Waals surface area contributed by atoms with Crippen molar-refractivity contribution in [3.8, 4) is 0 Å². The van der Waals surface area contributed by atoms with Crippen LogP contribution in [0, 0.1) is 5.82 Å². The van der Waals surface area contributed by atoms with Gasteiger partial charge in [-0.2, -0.15) is 0 Å². The van der Waals surface area contributed by atoms with E-state index in [1.807, 2.05) is 6.07 Å². The smallest absolute Gasteiger partial charge is 0.123 e. The first-order valence-electron chi connectivity index (χ1n) is 3.94. The Labute approximate surface area is 79.0 Å². The number of hydrogen-bond acceptors (Lipinski definition) is 2. The van der Waals surface area contributed by atoms with Crippen LogP contribution in [0.15, 0.2) is 24.3 Å². The Kier molecular flexibility index (Phi) is 2.44. The highest BCUT2D eigenvalue weighted by Crippen LogP contribution is 2.27. The van der Waals surface area contributed by atoms with Gasteiger partial charge in [0, 0.05) is 11.0 Å². The SMILES string of the molecule is C=S1NC(c2cccc(F)c2)CO1. The van der Waals surface area contributed by atoms with Gasteiger partial charge in [-0.3, -0.25) is 0 Å². The van der Waals surface area contributed by atoms with Crippen LogP contribution in [0.3, 0.4) is 0 Å². The van der Waals surface area contributed by atoms with Crippen molar-refractivity contribution in [2.45, 2.75) is 6.04 Å². The Morgan fingerprint density at radius 2 is 2.46 bits per heavy atom. The first-order valence-corrected chi connectivity index (χ1v) is 5.26. The zero-order valence-electron chi connectivity index (χ0n) is 7.00. The predicted molar refractivity (Wildman–Crippen MR) is 52.9 cm³/mol. The maximum Gasteiger partial charge on any atom is 0.123 e. The molecule has 1 N–H and O–H groups in total. The number of rotatable bonds is 1. The number of nitrogens with one attached hydrogen (secondary N) is 1. The van der Waals surface area contributed by atoms with Gasteiger partial charge >= 0.3 is 0 Å². The van der Waals surface area contributed by atoms with E-state index in [2.05, 4.69) is 10.6 Å². The van der Waals surface area contributed by atoms with Crippen molar-refractivity contribution in [3.63, 3.8) is 0 Å². The molecular weight excluding hydrogens is 189 g/mol. The van der Waals surface area contributed by atoms with Gasteiger partial charge in [-0.25, -0.2) is 9.11 Å². The van der Waals surface area contributed by atoms with Gasteiger partial charge in [-0.1, -0.05) is 12.1 Å². The number of hydrogen-bond donors (Lipinski definition) is 1. The fourth-order valence-corrected chi connectivity index (χ4v) is 2.15. The van der Waals surface area contributed by atoms with Crippen LogP contribution in [0.4, 0.5) is 4.39 Å². The Bertz CT molecular complexity index is 342. The molecule has 0 bridgehead atoms. The average Bonchev–Trinajstić information content (AvgIpc) is 2.52. The zero-order valence-corrected chi connectivity index (χ0v) is 7.81. The summed E-state index contributed by atoms with van der Waals surface area (Å²) in [4.78, 5) is 0. The average molecular weight is 199 g/mol. The van der Waals surface area contributed by atoms with Crippen molar-refractivity contribution < 1.29 is 8.57 Å². The topological polar surface area (TPSA) is 21.3 Å². The molecule has 1 aromatic rings. The number of benzene rings is 1. The van der Waals surface area contributed by atoms with Crippen molar-refractivity contribution >= 4 is 16.8 Å². The Hall–Kier alpha value is -0.710. The van der Waals surface area contributed by atoms with Crippen LogP contribution in [-0.2, 0) is 4.18 Å². The standard InChI is InChI=1S/C9H10FNOS/c1-13-11-9(6-12-13)7-3-2-4-8(10)5-7/h2-5,9,11H,1,6H2. The summed E-state index contributed by atoms with van der Waals surface area (Å²) in [5.74, 6) is 3.52. The summed E-state index contributed by atoms with van der Waals surface area (Å²) in [6.07, 6.45) is 0. The lowest BCUT2D eigenvalue weighted by molar-refractivity contribution is 0.373. The predicted octanol–water partition coefficient (Wildman–Crippen LogP) is 2.02. The molecule has 1 aromatic carbocycles. The first kappa shape index (κ1) is 8.87. The van der Waals surface area contributed by atoms with Crippen molar-refractivity contribution in [2.75, 3.05) is 6.61 Å². The molecule has 0 radical (unpaired) electrons. The summed E-state index contributed by atoms with van der Waals surface area (Å²) in [6.45, 7) is 0.566. The van der Waals surface area contributed by atoms with Gasteiger partial charge in [0.1, 0.15) is 5.82 Å². The summed E-state index contributed by atoms with van der Waals surface area (Å²) in [6, 6.07) is 6.61. The van der Waals surface area contributed by atoms with E-state index in [1.165, 1.54) is 12.1 Å². The molecule has 0 amide bonds. The van der Waals surface area contributed by atoms with Gasteiger partial charge in [0.2, 0.25) is 0 Å². The van der Waals surface area contributed by atoms with Crippen molar-refractivity contribution in [2.24, 2.45) is 0 Å². The van der Waals surface area contributed by atoms with Crippen molar-refractivity contribution in [3.05, 3.63) is 35.6 Å². The molecule has 70 valence electrons. The summed E-state index contributed by atoms with van der Waals surface area (Å²) >= 11 is 0. The second-order valence-electron chi connectivity index (χ2n) is 2.86. The molecule has 1 aliphatic heterocycles. The lowest BCUT2D eigenvalue weighted by atomic mass is 10.1. The van der Waals surface area contributed by atoms with Crippen LogP contribution >= 0.6 is 11.0 Å². The molecule has 2 atom stereocenters. The minimum Gasteiger partial charge on any atom is -0.307 e. The molecule has 13 heavy (non-hydrogen) atoms. The van der Waals surface area contributed by atoms with Crippen LogP contribution in [0.25, 0.3) is 0 Å². The van der Waals surface area contributed by atoms with Gasteiger partial charge in [0.25, 0.3) is 0 Å². The molecule has 1 aliphatic rings. The van der Waals surface area contributed by atoms with E-state index < -0.39 is 11.0 Å². The third kappa shape index (κ3) is 1.96. The van der Waals surface area contributed by atoms with Crippen molar-refractivity contribution in [1.82, 2.24) is 4.72 Å². The molecule has 2 unspecified atom stereocenters. The molecule has 1 heterocycles. The van der Waals surface area contributed by atoms with Gasteiger partial charge in [0.05, 0.1) is 12.6 Å². The lowest BCUT2D eigenvalue weighted by Crippen LogP contribution is -2.10. The Balaban J connectivity index is 2.21. The van der Waals surface area contributed by atoms with Gasteiger partial charge < -0.3 is 4.18 Å². The highest BCUT2D eigenvalue weighted by Gasteiger charge is 2.19. The highest BCUT2D eigenvalue weighted by atomic mass is 32.2. The highest BCUT2D eigenvalue weighted by molar-refractivity contribution is 8.08. The Morgan fingerprint density at radius 1 is 1.62 bits per heavy atom. The molecule has 4 heteroatoms. The molecule has 2 rings (SSSR count). The quantitative estimate of drug-likeness (QED) is 0.699. The fourth-order valence-electron chi connectivity index (χ4n) is 1.26. The molecule has 2 nitrogen and oxygen atoms in total. The van der Waals surface area contributed by atoms with E-state index >= 15 is 0 Å². The molecule has 0 spiro atoms. The molecule has 0 aliphatic carbocycles. The van der Waals surface area contributed by atoms with E-state index in [9.17, 15) is 4.39 Å². The molecule has 0 aromatic heterocycles. The molecule has 1 fully saturated rings. The van der Waals surface area contributed by atoms with E-state index in [0.29, 0.717) is 6.61 Å². The number of halogens is 1. The lowest BCUT2D eigenvalue weighted by Gasteiger charge is -2.07. The van der Waals surface area contributed by atoms with Crippen molar-refractivity contribution in [1.29, 1.82) is 0 Å². The largest absolute Gasteiger partial charge is 0.307 e. The third-order valence-electron chi connectivity index (χ3n) is 1.90. The zero-order chi connectivity index (χ0) is 9.26. The monoisotopic (exact) mass is 199 g/mol. The van der Waals surface area contributed by atoms with Crippen LogP contribution in [0.5, 0.6) is 0 Å². The Morgan fingerprint density at radius 3 is 3.08 bits per heavy atom. The first-order chi connectivity index (χ1) is 6.25. The fraction of sp³-hybridized carbons (Fsp3) is 0.222. The molecular formula is C9H10FNOS. The maximum atomic E-state index is 12.8. The summed E-state index contributed by atoms with van der Waals surface area (Å²) in [5.41, 5.74) is 0.915. The van der Waals surface area contributed by atoms with Gasteiger partial charge in [0.15, 0.2) is 0 Å². The minimum absolute atomic E-state index is 0.0801. The third-order valence-corrected chi connectivity index (χ3v) is 2.87. The normalized spacial score (nSPS) is 27.8. The molecule has 0 saturated carbocycles. The minimum atomic E-state index is -0.432. The van der Waals surface area contributed by atoms with E-state index in [0.717, 1.165) is 5.56 Å². The summed E-state index contributed by atoms with van der Waals surface area (Å²) in [5, 5.41) is 0. The van der Waals surface area contributed by atoms with Crippen LogP contribution < -0.4 is 4.72 Å². The van der Waals surface area contributed by atoms with Gasteiger partial charge in [-0.05, 0) is 23.6 Å². The maximum absolute atomic E-state index is 12.8. The van der Waals surface area contributed by atoms with E-state index in [-0.39, 0.29) is 11.9 Å². The summed E-state index contributed by atoms with van der Waals surface area (Å²) in [7, 11) is -0.432. The second kappa shape index (κ2) is 3.57. The van der Waals surface area contributed by atoms with Gasteiger partial charge in [-0.15, -0.1) is 0 Å². The summed E-state index contributed by atoms with van der Waals surface area (Å²) < 4.78 is 21.2. The van der Waals surface area contributed by atoms with E-state index in [4.69, 9.17) is 4.18 Å². The van der Waals surface area contributed by atoms with Crippen LogP contribution in [0.2, 0.25) is 0 Å². The van der Waals surface area contributed by atoms with E-state index in [1.54, 1.807) is 6.07 Å². The molecule has 1 saturated heterocycles. The van der Waals surface area contributed by atoms with Crippen LogP contribution in [0.1, 0.15) is 11.6 Å².